The van der Waals surface area contributed by atoms with E-state index >= 15 is 0 Å². The molecule has 0 amide bonds. The van der Waals surface area contributed by atoms with Crippen LogP contribution < -0.4 is 0 Å². The van der Waals surface area contributed by atoms with Gasteiger partial charge in [-0.25, -0.2) is 0 Å². The van der Waals surface area contributed by atoms with Crippen LogP contribution in [-0.2, 0) is 17.6 Å². The van der Waals surface area contributed by atoms with Crippen molar-refractivity contribution in [1.82, 2.24) is 4.90 Å². The number of benzene rings is 2. The molecule has 0 spiro atoms. The summed E-state index contributed by atoms with van der Waals surface area (Å²) >= 11 is 2.40. The van der Waals surface area contributed by atoms with Crippen LogP contribution in [0.5, 0.6) is 0 Å². The number of hydrogen-bond donors (Lipinski definition) is 1. The van der Waals surface area contributed by atoms with Crippen LogP contribution in [0.4, 0.5) is 0 Å². The van der Waals surface area contributed by atoms with Crippen molar-refractivity contribution in [1.29, 1.82) is 0 Å². The Hall–Kier alpha value is -1.66. The molecule has 2 aliphatic rings. The van der Waals surface area contributed by atoms with Gasteiger partial charge in [-0.3, -0.25) is 4.79 Å². The van der Waals surface area contributed by atoms with Gasteiger partial charge in [0.25, 0.3) is 0 Å². The fourth-order valence-corrected chi connectivity index (χ4v) is 5.07. The van der Waals surface area contributed by atoms with Crippen LogP contribution in [0.1, 0.15) is 41.5 Å². The van der Waals surface area contributed by atoms with E-state index in [0.717, 1.165) is 45.2 Å². The molecular weight excluding hydrogens is 461 g/mol. The number of likely N-dealkylation sites (tertiary alicyclic amines) is 1. The highest BCUT2D eigenvalue weighted by molar-refractivity contribution is 14.1. The molecule has 146 valence electrons. The van der Waals surface area contributed by atoms with E-state index in [1.807, 2.05) is 0 Å². The minimum Gasteiger partial charge on any atom is -0.481 e. The van der Waals surface area contributed by atoms with E-state index in [1.54, 1.807) is 0 Å². The number of fused-ring (bicyclic) bond motifs is 2. The number of hydrogen-bond acceptors (Lipinski definition) is 2. The topological polar surface area (TPSA) is 40.5 Å². The van der Waals surface area contributed by atoms with E-state index in [9.17, 15) is 9.90 Å². The molecule has 1 aliphatic carbocycles. The fraction of sp³-hybridized carbons (Fsp3) is 0.375. The molecule has 0 bridgehead atoms. The van der Waals surface area contributed by atoms with Crippen molar-refractivity contribution in [2.75, 3.05) is 19.6 Å². The highest BCUT2D eigenvalue weighted by Crippen LogP contribution is 2.34. The van der Waals surface area contributed by atoms with Crippen molar-refractivity contribution in [2.24, 2.45) is 5.92 Å². The van der Waals surface area contributed by atoms with Crippen molar-refractivity contribution >= 4 is 34.1 Å². The smallest absolute Gasteiger partial charge is 0.307 e. The highest BCUT2D eigenvalue weighted by atomic mass is 127. The van der Waals surface area contributed by atoms with Crippen LogP contribution in [0, 0.1) is 9.49 Å². The lowest BCUT2D eigenvalue weighted by Gasteiger charge is -2.30. The Labute approximate surface area is 180 Å². The highest BCUT2D eigenvalue weighted by Gasteiger charge is 2.25. The second-order valence-corrected chi connectivity index (χ2v) is 9.09. The molecule has 1 aliphatic heterocycles. The van der Waals surface area contributed by atoms with Crippen molar-refractivity contribution in [3.8, 4) is 0 Å². The average Bonchev–Trinajstić information content (AvgIpc) is 2.85. The summed E-state index contributed by atoms with van der Waals surface area (Å²) < 4.78 is 1.29. The Morgan fingerprint density at radius 3 is 2.79 bits per heavy atom. The van der Waals surface area contributed by atoms with Gasteiger partial charge in [-0.2, -0.15) is 0 Å². The number of aryl methyl sites for hydroxylation is 2. The lowest BCUT2D eigenvalue weighted by Crippen LogP contribution is -2.39. The zero-order valence-electron chi connectivity index (χ0n) is 16.0. The first-order valence-electron chi connectivity index (χ1n) is 10.1. The number of rotatable bonds is 4. The van der Waals surface area contributed by atoms with Gasteiger partial charge in [0.05, 0.1) is 5.92 Å². The molecule has 1 fully saturated rings. The summed E-state index contributed by atoms with van der Waals surface area (Å²) in [6.45, 7) is 2.62. The fourth-order valence-electron chi connectivity index (χ4n) is 4.52. The zero-order valence-corrected chi connectivity index (χ0v) is 18.2. The monoisotopic (exact) mass is 487 g/mol. The van der Waals surface area contributed by atoms with E-state index in [1.165, 1.54) is 31.4 Å². The summed E-state index contributed by atoms with van der Waals surface area (Å²) in [6.07, 6.45) is 7.27. The molecule has 3 nitrogen and oxygen atoms in total. The summed E-state index contributed by atoms with van der Waals surface area (Å²) in [5.41, 5.74) is 6.89. The number of piperidine rings is 1. The summed E-state index contributed by atoms with van der Waals surface area (Å²) in [7, 11) is 0. The maximum atomic E-state index is 11.3. The van der Waals surface area contributed by atoms with Crippen molar-refractivity contribution in [2.45, 2.75) is 32.1 Å². The van der Waals surface area contributed by atoms with E-state index in [4.69, 9.17) is 0 Å². The SMILES string of the molecule is O=C(O)[C@@H]1CCCN(CC/C=C2/c3ccccc3CCc3cc(I)ccc32)C1. The van der Waals surface area contributed by atoms with E-state index in [2.05, 4.69) is 76.0 Å². The van der Waals surface area contributed by atoms with Gasteiger partial charge in [0.2, 0.25) is 0 Å². The number of carbonyl (C=O) groups is 1. The molecule has 2 aromatic rings. The third kappa shape index (κ3) is 4.33. The van der Waals surface area contributed by atoms with Crippen LogP contribution in [0.15, 0.2) is 48.5 Å². The van der Waals surface area contributed by atoms with Gasteiger partial charge in [-0.15, -0.1) is 0 Å². The number of aliphatic carboxylic acids is 1. The lowest BCUT2D eigenvalue weighted by molar-refractivity contribution is -0.143. The number of carboxylic acids is 1. The third-order valence-corrected chi connectivity index (χ3v) is 6.65. The van der Waals surface area contributed by atoms with Crippen LogP contribution >= 0.6 is 22.6 Å². The van der Waals surface area contributed by atoms with E-state index in [-0.39, 0.29) is 5.92 Å². The Bertz CT molecular complexity index is 905. The third-order valence-electron chi connectivity index (χ3n) is 5.98. The van der Waals surface area contributed by atoms with Crippen LogP contribution in [-0.4, -0.2) is 35.6 Å². The predicted octanol–water partition coefficient (Wildman–Crippen LogP) is 5.01. The molecule has 0 saturated carbocycles. The van der Waals surface area contributed by atoms with Crippen molar-refractivity contribution in [3.05, 3.63) is 74.4 Å². The molecule has 0 unspecified atom stereocenters. The Morgan fingerprint density at radius 1 is 1.14 bits per heavy atom. The Kier molecular flexibility index (Phi) is 6.16. The van der Waals surface area contributed by atoms with Gasteiger partial charge < -0.3 is 10.0 Å². The van der Waals surface area contributed by atoms with Crippen LogP contribution in [0.25, 0.3) is 5.57 Å². The number of carboxylic acid groups (broad SMARTS) is 1. The van der Waals surface area contributed by atoms with Crippen LogP contribution in [0.3, 0.4) is 0 Å². The quantitative estimate of drug-likeness (QED) is 0.617. The molecule has 0 aromatic heterocycles. The molecule has 0 radical (unpaired) electrons. The summed E-state index contributed by atoms with van der Waals surface area (Å²) in [4.78, 5) is 13.6. The van der Waals surface area contributed by atoms with E-state index < -0.39 is 5.97 Å². The molecule has 28 heavy (non-hydrogen) atoms. The maximum absolute atomic E-state index is 11.3. The number of nitrogens with zero attached hydrogens (tertiary/aromatic N) is 1. The summed E-state index contributed by atoms with van der Waals surface area (Å²) in [5, 5.41) is 9.32. The Morgan fingerprint density at radius 2 is 1.93 bits per heavy atom. The molecule has 1 N–H and O–H groups in total. The molecule has 1 atom stereocenters. The van der Waals surface area contributed by atoms with Crippen molar-refractivity contribution in [3.63, 3.8) is 0 Å². The van der Waals surface area contributed by atoms with Gasteiger partial charge in [0.1, 0.15) is 0 Å². The zero-order chi connectivity index (χ0) is 19.5. The molecule has 4 heteroatoms. The van der Waals surface area contributed by atoms with Crippen LogP contribution in [0.2, 0.25) is 0 Å². The van der Waals surface area contributed by atoms with Crippen molar-refractivity contribution < 1.29 is 9.90 Å². The molecule has 2 aromatic carbocycles. The standard InChI is InChI=1S/C24H26INO2/c25-20-11-12-22-18(15-20)10-9-17-5-1-2-7-21(17)23(22)8-4-14-26-13-3-6-19(16-26)24(27)28/h1-2,5,7-8,11-12,15,19H,3-4,6,9-10,13-14,16H2,(H,27,28)/b23-8-/t19-/m1/s1. The first-order chi connectivity index (χ1) is 13.6. The van der Waals surface area contributed by atoms with Gasteiger partial charge >= 0.3 is 5.97 Å². The normalized spacial score (nSPS) is 21.0. The lowest BCUT2D eigenvalue weighted by atomic mass is 9.93. The molecular formula is C24H26INO2. The van der Waals surface area contributed by atoms with Gasteiger partial charge in [-0.05, 0) is 101 Å². The second kappa shape index (κ2) is 8.78. The largest absolute Gasteiger partial charge is 0.481 e. The first kappa shape index (κ1) is 19.6. The summed E-state index contributed by atoms with van der Waals surface area (Å²) in [6, 6.07) is 15.5. The minimum absolute atomic E-state index is 0.206. The Balaban J connectivity index is 1.58. The predicted molar refractivity (Wildman–Crippen MR) is 122 cm³/mol. The minimum atomic E-state index is -0.649. The first-order valence-corrected chi connectivity index (χ1v) is 11.2. The van der Waals surface area contributed by atoms with Gasteiger partial charge in [0.15, 0.2) is 0 Å². The molecule has 4 rings (SSSR count). The second-order valence-electron chi connectivity index (χ2n) is 7.84. The number of halogens is 1. The van der Waals surface area contributed by atoms with E-state index in [0.29, 0.717) is 6.54 Å². The molecule has 1 saturated heterocycles. The summed E-state index contributed by atoms with van der Waals surface area (Å²) in [5.74, 6) is -0.855. The average molecular weight is 487 g/mol. The van der Waals surface area contributed by atoms with Gasteiger partial charge in [0, 0.05) is 16.7 Å². The maximum Gasteiger partial charge on any atom is 0.307 e. The van der Waals surface area contributed by atoms with Gasteiger partial charge in [-0.1, -0.05) is 36.4 Å². The molecule has 1 heterocycles.